The fraction of sp³-hybridized carbons (Fsp3) is 0.625. The van der Waals surface area contributed by atoms with Crippen LogP contribution in [0.15, 0.2) is 17.0 Å². The molecule has 0 radical (unpaired) electrons. The minimum atomic E-state index is -3.56. The molecule has 1 aromatic carbocycles. The molecule has 1 fully saturated rings. The molecule has 0 heterocycles. The van der Waals surface area contributed by atoms with Crippen molar-refractivity contribution in [1.29, 1.82) is 0 Å². The number of nitrogens with two attached hydrogens (primary N) is 1. The molecule has 2 rings (SSSR count). The SMILES string of the molecule is CCC1CCCCC1NS(=O)(=O)c1c(N)ccc(C)c1C. The standard InChI is InChI=1S/C16H26N2O2S/c1-4-13-7-5-6-8-15(13)18-21(19,20)16-12(3)11(2)9-10-14(16)17/h9-10,13,15,18H,4-8,17H2,1-3H3. The molecule has 4 nitrogen and oxygen atoms in total. The van der Waals surface area contributed by atoms with E-state index in [0.29, 0.717) is 11.6 Å². The molecule has 0 saturated heterocycles. The summed E-state index contributed by atoms with van der Waals surface area (Å²) in [6.07, 6.45) is 5.32. The Morgan fingerprint density at radius 2 is 1.90 bits per heavy atom. The summed E-state index contributed by atoms with van der Waals surface area (Å²) in [4.78, 5) is 0.253. The molecule has 0 aliphatic heterocycles. The van der Waals surface area contributed by atoms with E-state index >= 15 is 0 Å². The Morgan fingerprint density at radius 1 is 1.24 bits per heavy atom. The summed E-state index contributed by atoms with van der Waals surface area (Å²) in [7, 11) is -3.56. The van der Waals surface area contributed by atoms with Crippen LogP contribution >= 0.6 is 0 Å². The van der Waals surface area contributed by atoms with Gasteiger partial charge in [0, 0.05) is 6.04 Å². The highest BCUT2D eigenvalue weighted by Gasteiger charge is 2.30. The minimum absolute atomic E-state index is 0.0352. The maximum absolute atomic E-state index is 12.8. The second kappa shape index (κ2) is 6.36. The summed E-state index contributed by atoms with van der Waals surface area (Å²) >= 11 is 0. The zero-order chi connectivity index (χ0) is 15.6. The van der Waals surface area contributed by atoms with Crippen LogP contribution < -0.4 is 10.5 Å². The van der Waals surface area contributed by atoms with Crippen molar-refractivity contribution < 1.29 is 8.42 Å². The molecular weight excluding hydrogens is 284 g/mol. The van der Waals surface area contributed by atoms with Crippen molar-refractivity contribution >= 4 is 15.7 Å². The second-order valence-corrected chi connectivity index (χ2v) is 7.76. The van der Waals surface area contributed by atoms with E-state index in [1.165, 1.54) is 6.42 Å². The number of hydrogen-bond acceptors (Lipinski definition) is 3. The van der Waals surface area contributed by atoms with E-state index in [4.69, 9.17) is 5.73 Å². The van der Waals surface area contributed by atoms with Crippen LogP contribution in [-0.2, 0) is 10.0 Å². The van der Waals surface area contributed by atoms with E-state index in [1.54, 1.807) is 6.07 Å². The molecule has 0 aromatic heterocycles. The first-order chi connectivity index (χ1) is 9.86. The molecule has 3 N–H and O–H groups in total. The van der Waals surface area contributed by atoms with E-state index in [-0.39, 0.29) is 10.9 Å². The lowest BCUT2D eigenvalue weighted by atomic mass is 9.83. The van der Waals surface area contributed by atoms with Gasteiger partial charge in [-0.1, -0.05) is 32.3 Å². The second-order valence-electron chi connectivity index (χ2n) is 6.11. The molecule has 0 spiro atoms. The quantitative estimate of drug-likeness (QED) is 0.839. The molecule has 2 unspecified atom stereocenters. The first-order valence-electron chi connectivity index (χ1n) is 7.74. The molecule has 21 heavy (non-hydrogen) atoms. The first-order valence-corrected chi connectivity index (χ1v) is 9.23. The van der Waals surface area contributed by atoms with Crippen LogP contribution in [0.3, 0.4) is 0 Å². The van der Waals surface area contributed by atoms with Crippen LogP contribution in [0.1, 0.15) is 50.2 Å². The number of aryl methyl sites for hydroxylation is 1. The minimum Gasteiger partial charge on any atom is -0.398 e. The highest BCUT2D eigenvalue weighted by molar-refractivity contribution is 7.89. The van der Waals surface area contributed by atoms with Crippen LogP contribution in [-0.4, -0.2) is 14.5 Å². The smallest absolute Gasteiger partial charge is 0.243 e. The zero-order valence-corrected chi connectivity index (χ0v) is 14.0. The number of nitrogens with one attached hydrogen (secondary N) is 1. The van der Waals surface area contributed by atoms with Gasteiger partial charge in [-0.2, -0.15) is 0 Å². The number of anilines is 1. The van der Waals surface area contributed by atoms with E-state index in [2.05, 4.69) is 11.6 Å². The summed E-state index contributed by atoms with van der Waals surface area (Å²) in [5.74, 6) is 0.430. The summed E-state index contributed by atoms with van der Waals surface area (Å²) in [6, 6.07) is 3.57. The highest BCUT2D eigenvalue weighted by atomic mass is 32.2. The topological polar surface area (TPSA) is 72.2 Å². The van der Waals surface area contributed by atoms with Crippen molar-refractivity contribution in [2.75, 3.05) is 5.73 Å². The molecule has 0 amide bonds. The Balaban J connectivity index is 2.32. The van der Waals surface area contributed by atoms with Crippen molar-refractivity contribution in [2.24, 2.45) is 5.92 Å². The van der Waals surface area contributed by atoms with Gasteiger partial charge in [-0.3, -0.25) is 0 Å². The number of rotatable bonds is 4. The Labute approximate surface area is 128 Å². The van der Waals surface area contributed by atoms with Crippen LogP contribution in [0.25, 0.3) is 0 Å². The lowest BCUT2D eigenvalue weighted by molar-refractivity contribution is 0.282. The molecule has 2 atom stereocenters. The van der Waals surface area contributed by atoms with Gasteiger partial charge in [0.15, 0.2) is 0 Å². The van der Waals surface area contributed by atoms with Crippen molar-refractivity contribution in [1.82, 2.24) is 4.72 Å². The van der Waals surface area contributed by atoms with Crippen molar-refractivity contribution in [2.45, 2.75) is 63.8 Å². The summed E-state index contributed by atoms with van der Waals surface area (Å²) in [5, 5.41) is 0. The van der Waals surface area contributed by atoms with Crippen LogP contribution in [0.5, 0.6) is 0 Å². The predicted molar refractivity (Wildman–Crippen MR) is 86.7 cm³/mol. The number of hydrogen-bond donors (Lipinski definition) is 2. The van der Waals surface area contributed by atoms with E-state index < -0.39 is 10.0 Å². The van der Waals surface area contributed by atoms with Gasteiger partial charge in [0.2, 0.25) is 10.0 Å². The largest absolute Gasteiger partial charge is 0.398 e. The molecular formula is C16H26N2O2S. The average molecular weight is 310 g/mol. The lowest BCUT2D eigenvalue weighted by Crippen LogP contribution is -2.42. The van der Waals surface area contributed by atoms with Gasteiger partial charge in [0.05, 0.1) is 5.69 Å². The number of nitrogen functional groups attached to an aromatic ring is 1. The third-order valence-corrected chi connectivity index (χ3v) is 6.41. The Hall–Kier alpha value is -1.07. The van der Waals surface area contributed by atoms with Gasteiger partial charge in [0.25, 0.3) is 0 Å². The zero-order valence-electron chi connectivity index (χ0n) is 13.1. The fourth-order valence-electron chi connectivity index (χ4n) is 3.28. The molecule has 1 aromatic rings. The predicted octanol–water partition coefficient (Wildman–Crippen LogP) is 3.13. The van der Waals surface area contributed by atoms with Gasteiger partial charge < -0.3 is 5.73 Å². The van der Waals surface area contributed by atoms with Gasteiger partial charge in [-0.05, 0) is 49.8 Å². The van der Waals surface area contributed by atoms with Crippen LogP contribution in [0.4, 0.5) is 5.69 Å². The van der Waals surface area contributed by atoms with Gasteiger partial charge in [0.1, 0.15) is 4.90 Å². The lowest BCUT2D eigenvalue weighted by Gasteiger charge is -2.31. The van der Waals surface area contributed by atoms with Gasteiger partial charge in [-0.15, -0.1) is 0 Å². The maximum atomic E-state index is 12.8. The molecule has 1 saturated carbocycles. The first kappa shape index (κ1) is 16.3. The molecule has 118 valence electrons. The molecule has 1 aliphatic rings. The van der Waals surface area contributed by atoms with Crippen LogP contribution in [0.2, 0.25) is 0 Å². The number of benzene rings is 1. The Kier molecular flexibility index (Phi) is 4.94. The summed E-state index contributed by atoms with van der Waals surface area (Å²) in [5.41, 5.74) is 7.94. The van der Waals surface area contributed by atoms with Crippen molar-refractivity contribution in [3.8, 4) is 0 Å². The van der Waals surface area contributed by atoms with E-state index in [1.807, 2.05) is 19.9 Å². The Bertz CT molecular complexity index is 611. The fourth-order valence-corrected chi connectivity index (χ4v) is 5.05. The molecule has 1 aliphatic carbocycles. The third-order valence-electron chi connectivity index (χ3n) is 4.72. The summed E-state index contributed by atoms with van der Waals surface area (Å²) < 4.78 is 28.4. The maximum Gasteiger partial charge on any atom is 0.243 e. The van der Waals surface area contributed by atoms with Crippen LogP contribution in [0, 0.1) is 19.8 Å². The molecule has 0 bridgehead atoms. The highest BCUT2D eigenvalue weighted by Crippen LogP contribution is 2.30. The molecule has 5 heteroatoms. The normalized spacial score (nSPS) is 23.2. The third kappa shape index (κ3) is 3.40. The van der Waals surface area contributed by atoms with Gasteiger partial charge >= 0.3 is 0 Å². The van der Waals surface area contributed by atoms with Crippen molar-refractivity contribution in [3.63, 3.8) is 0 Å². The number of sulfonamides is 1. The summed E-state index contributed by atoms with van der Waals surface area (Å²) in [6.45, 7) is 5.85. The van der Waals surface area contributed by atoms with Gasteiger partial charge in [-0.25, -0.2) is 13.1 Å². The van der Waals surface area contributed by atoms with E-state index in [9.17, 15) is 8.42 Å². The monoisotopic (exact) mass is 310 g/mol. The average Bonchev–Trinajstić information content (AvgIpc) is 2.43. The van der Waals surface area contributed by atoms with Crippen molar-refractivity contribution in [3.05, 3.63) is 23.3 Å². The van der Waals surface area contributed by atoms with E-state index in [0.717, 1.165) is 36.8 Å². The Morgan fingerprint density at radius 3 is 2.57 bits per heavy atom.